The van der Waals surface area contributed by atoms with E-state index in [-0.39, 0.29) is 11.7 Å². The molecule has 124 valence electrons. The molecular formula is C17H13N5O2S. The zero-order valence-corrected chi connectivity index (χ0v) is 14.0. The number of carbonyl (C=O) groups is 1. The summed E-state index contributed by atoms with van der Waals surface area (Å²) in [5.41, 5.74) is 1.54. The van der Waals surface area contributed by atoms with Gasteiger partial charge in [-0.2, -0.15) is 14.6 Å². The standard InChI is InChI=1S/C17H13N5O2S/c1-11-9-15(22-17(20-11)18-10-19-22)25-14-7-3-2-5-12(14)21-16(23)13-6-4-8-24-13/h2-10H,1H3,(H,21,23). The van der Waals surface area contributed by atoms with Gasteiger partial charge >= 0.3 is 0 Å². The van der Waals surface area contributed by atoms with Crippen LogP contribution in [0.1, 0.15) is 16.2 Å². The molecule has 0 fully saturated rings. The van der Waals surface area contributed by atoms with Gasteiger partial charge in [-0.15, -0.1) is 0 Å². The van der Waals surface area contributed by atoms with Crippen LogP contribution in [-0.4, -0.2) is 25.5 Å². The Morgan fingerprint density at radius 1 is 1.24 bits per heavy atom. The van der Waals surface area contributed by atoms with Crippen molar-refractivity contribution in [3.63, 3.8) is 0 Å². The molecule has 4 rings (SSSR count). The zero-order chi connectivity index (χ0) is 17.2. The highest BCUT2D eigenvalue weighted by molar-refractivity contribution is 7.99. The third-order valence-electron chi connectivity index (χ3n) is 3.44. The summed E-state index contributed by atoms with van der Waals surface area (Å²) in [7, 11) is 0. The number of rotatable bonds is 4. The fraction of sp³-hybridized carbons (Fsp3) is 0.0588. The fourth-order valence-corrected chi connectivity index (χ4v) is 3.38. The molecule has 0 aliphatic heterocycles. The lowest BCUT2D eigenvalue weighted by Crippen LogP contribution is -2.11. The normalized spacial score (nSPS) is 10.9. The van der Waals surface area contributed by atoms with E-state index in [0.717, 1.165) is 15.6 Å². The molecular weight excluding hydrogens is 338 g/mol. The first kappa shape index (κ1) is 15.4. The number of hydrogen-bond acceptors (Lipinski definition) is 6. The number of nitrogens with one attached hydrogen (secondary N) is 1. The molecule has 0 saturated heterocycles. The molecule has 7 nitrogen and oxygen atoms in total. The van der Waals surface area contributed by atoms with Crippen LogP contribution in [-0.2, 0) is 0 Å². The van der Waals surface area contributed by atoms with E-state index in [1.807, 2.05) is 37.3 Å². The van der Waals surface area contributed by atoms with E-state index in [9.17, 15) is 4.79 Å². The maximum absolute atomic E-state index is 12.3. The van der Waals surface area contributed by atoms with Gasteiger partial charge in [0.25, 0.3) is 11.7 Å². The van der Waals surface area contributed by atoms with Crippen molar-refractivity contribution < 1.29 is 9.21 Å². The van der Waals surface area contributed by atoms with Gasteiger partial charge in [0.1, 0.15) is 11.4 Å². The van der Waals surface area contributed by atoms with Crippen LogP contribution in [0.5, 0.6) is 0 Å². The Morgan fingerprint density at radius 2 is 2.12 bits per heavy atom. The number of amides is 1. The molecule has 0 unspecified atom stereocenters. The van der Waals surface area contributed by atoms with Gasteiger partial charge < -0.3 is 9.73 Å². The third-order valence-corrected chi connectivity index (χ3v) is 4.52. The van der Waals surface area contributed by atoms with E-state index in [0.29, 0.717) is 11.5 Å². The summed E-state index contributed by atoms with van der Waals surface area (Å²) >= 11 is 1.48. The molecule has 1 aromatic carbocycles. The highest BCUT2D eigenvalue weighted by Gasteiger charge is 2.14. The first-order valence-corrected chi connectivity index (χ1v) is 8.31. The molecule has 3 heterocycles. The van der Waals surface area contributed by atoms with Crippen molar-refractivity contribution in [2.45, 2.75) is 16.8 Å². The van der Waals surface area contributed by atoms with Crippen LogP contribution in [0.25, 0.3) is 5.78 Å². The Bertz CT molecular complexity index is 1040. The number of aromatic nitrogens is 4. The van der Waals surface area contributed by atoms with Gasteiger partial charge in [-0.3, -0.25) is 4.79 Å². The van der Waals surface area contributed by atoms with E-state index >= 15 is 0 Å². The second kappa shape index (κ2) is 6.40. The summed E-state index contributed by atoms with van der Waals surface area (Å²) in [6.07, 6.45) is 2.94. The predicted octanol–water partition coefficient (Wildman–Crippen LogP) is 3.43. The minimum absolute atomic E-state index is 0.262. The Morgan fingerprint density at radius 3 is 2.96 bits per heavy atom. The van der Waals surface area contributed by atoms with Gasteiger partial charge in [-0.05, 0) is 37.3 Å². The van der Waals surface area contributed by atoms with E-state index in [1.165, 1.54) is 24.4 Å². The van der Waals surface area contributed by atoms with Gasteiger partial charge in [0.2, 0.25) is 0 Å². The molecule has 8 heteroatoms. The smallest absolute Gasteiger partial charge is 0.291 e. The molecule has 0 bridgehead atoms. The molecule has 3 aromatic heterocycles. The molecule has 1 N–H and O–H groups in total. The highest BCUT2D eigenvalue weighted by Crippen LogP contribution is 2.33. The highest BCUT2D eigenvalue weighted by atomic mass is 32.2. The van der Waals surface area contributed by atoms with Crippen LogP contribution < -0.4 is 5.32 Å². The maximum Gasteiger partial charge on any atom is 0.291 e. The number of hydrogen-bond donors (Lipinski definition) is 1. The van der Waals surface area contributed by atoms with E-state index < -0.39 is 0 Å². The number of benzene rings is 1. The largest absolute Gasteiger partial charge is 0.459 e. The maximum atomic E-state index is 12.3. The molecule has 0 atom stereocenters. The van der Waals surface area contributed by atoms with Crippen LogP contribution >= 0.6 is 11.8 Å². The number of para-hydroxylation sites is 1. The van der Waals surface area contributed by atoms with E-state index in [1.54, 1.807) is 16.6 Å². The molecule has 0 aliphatic carbocycles. The molecule has 0 saturated carbocycles. The van der Waals surface area contributed by atoms with Crippen LogP contribution in [0.3, 0.4) is 0 Å². The van der Waals surface area contributed by atoms with Crippen LogP contribution in [0.15, 0.2) is 69.4 Å². The average molecular weight is 351 g/mol. The number of carbonyl (C=O) groups excluding carboxylic acids is 1. The third kappa shape index (κ3) is 3.11. The summed E-state index contributed by atoms with van der Waals surface area (Å²) in [4.78, 5) is 21.6. The predicted molar refractivity (Wildman–Crippen MR) is 92.7 cm³/mol. The minimum atomic E-state index is -0.296. The Hall–Kier alpha value is -3.13. The second-order valence-corrected chi connectivity index (χ2v) is 6.30. The molecule has 0 radical (unpaired) electrons. The molecule has 0 aliphatic rings. The van der Waals surface area contributed by atoms with Gasteiger partial charge in [0.15, 0.2) is 5.76 Å². The Balaban J connectivity index is 1.67. The Labute approximate surface area is 147 Å². The number of anilines is 1. The van der Waals surface area contributed by atoms with Crippen molar-refractivity contribution in [2.75, 3.05) is 5.32 Å². The van der Waals surface area contributed by atoms with E-state index in [4.69, 9.17) is 4.42 Å². The number of fused-ring (bicyclic) bond motifs is 1. The van der Waals surface area contributed by atoms with Crippen molar-refractivity contribution in [2.24, 2.45) is 0 Å². The lowest BCUT2D eigenvalue weighted by atomic mass is 10.3. The summed E-state index contributed by atoms with van der Waals surface area (Å²) < 4.78 is 6.81. The van der Waals surface area contributed by atoms with Crippen LogP contribution in [0.4, 0.5) is 5.69 Å². The van der Waals surface area contributed by atoms with Crippen molar-refractivity contribution in [3.05, 3.63) is 66.5 Å². The van der Waals surface area contributed by atoms with Crippen molar-refractivity contribution in [1.82, 2.24) is 19.6 Å². The SMILES string of the molecule is Cc1cc(Sc2ccccc2NC(=O)c2ccco2)n2ncnc2n1. The van der Waals surface area contributed by atoms with Gasteiger partial charge in [0, 0.05) is 10.6 Å². The second-order valence-electron chi connectivity index (χ2n) is 5.24. The van der Waals surface area contributed by atoms with Gasteiger partial charge in [0.05, 0.1) is 12.0 Å². The molecule has 0 spiro atoms. The van der Waals surface area contributed by atoms with E-state index in [2.05, 4.69) is 20.4 Å². The average Bonchev–Trinajstić information content (AvgIpc) is 3.27. The topological polar surface area (TPSA) is 85.3 Å². The fourth-order valence-electron chi connectivity index (χ4n) is 2.33. The molecule has 25 heavy (non-hydrogen) atoms. The van der Waals surface area contributed by atoms with Crippen LogP contribution in [0.2, 0.25) is 0 Å². The van der Waals surface area contributed by atoms with Gasteiger partial charge in [-0.1, -0.05) is 23.9 Å². The zero-order valence-electron chi connectivity index (χ0n) is 13.2. The lowest BCUT2D eigenvalue weighted by molar-refractivity contribution is 0.0996. The molecule has 4 aromatic rings. The summed E-state index contributed by atoms with van der Waals surface area (Å²) in [6.45, 7) is 1.91. The number of nitrogens with zero attached hydrogens (tertiary/aromatic N) is 4. The van der Waals surface area contributed by atoms with Gasteiger partial charge in [-0.25, -0.2) is 4.98 Å². The monoisotopic (exact) mass is 351 g/mol. The minimum Gasteiger partial charge on any atom is -0.459 e. The number of furan rings is 1. The van der Waals surface area contributed by atoms with Crippen molar-refractivity contribution >= 4 is 29.1 Å². The lowest BCUT2D eigenvalue weighted by Gasteiger charge is -2.10. The van der Waals surface area contributed by atoms with Crippen molar-refractivity contribution in [3.8, 4) is 0 Å². The Kier molecular flexibility index (Phi) is 3.95. The summed E-state index contributed by atoms with van der Waals surface area (Å²) in [5, 5.41) is 7.94. The summed E-state index contributed by atoms with van der Waals surface area (Å²) in [5.74, 6) is 0.507. The summed E-state index contributed by atoms with van der Waals surface area (Å²) in [6, 6.07) is 12.8. The van der Waals surface area contributed by atoms with Crippen molar-refractivity contribution in [1.29, 1.82) is 0 Å². The number of aryl methyl sites for hydroxylation is 1. The molecule has 1 amide bonds. The van der Waals surface area contributed by atoms with Crippen LogP contribution in [0, 0.1) is 6.92 Å². The first-order valence-electron chi connectivity index (χ1n) is 7.50. The first-order chi connectivity index (χ1) is 12.2. The quantitative estimate of drug-likeness (QED) is 0.567.